The minimum Gasteiger partial charge on any atom is -0.493 e. The zero-order chi connectivity index (χ0) is 14.7. The van der Waals surface area contributed by atoms with E-state index in [0.29, 0.717) is 6.04 Å². The molecule has 1 aromatic carbocycles. The van der Waals surface area contributed by atoms with E-state index in [2.05, 4.69) is 24.4 Å². The Labute approximate surface area is 126 Å². The maximum Gasteiger partial charge on any atom is 0.176 e. The molecule has 2 atom stereocenters. The van der Waals surface area contributed by atoms with Crippen molar-refractivity contribution in [2.75, 3.05) is 7.11 Å². The predicted octanol–water partition coefficient (Wildman–Crippen LogP) is 4.50. The highest BCUT2D eigenvalue weighted by atomic mass is 16.5. The number of benzene rings is 1. The molecule has 1 aromatic heterocycles. The highest BCUT2D eigenvalue weighted by Crippen LogP contribution is 2.30. The molecule has 0 amide bonds. The quantitative estimate of drug-likeness (QED) is 0.879. The molecule has 3 rings (SSSR count). The first-order valence-electron chi connectivity index (χ1n) is 8.10. The molecule has 21 heavy (non-hydrogen) atoms. The molecule has 0 spiro atoms. The van der Waals surface area contributed by atoms with Crippen molar-refractivity contribution in [3.63, 3.8) is 0 Å². The molecule has 1 aliphatic rings. The third kappa shape index (κ3) is 3.08. The summed E-state index contributed by atoms with van der Waals surface area (Å²) in [5.41, 5.74) is 0.854. The Morgan fingerprint density at radius 1 is 1.29 bits per heavy atom. The van der Waals surface area contributed by atoms with E-state index in [1.807, 2.05) is 12.1 Å². The van der Waals surface area contributed by atoms with Gasteiger partial charge in [0.2, 0.25) is 0 Å². The Bertz CT molecular complexity index is 590. The van der Waals surface area contributed by atoms with E-state index in [9.17, 15) is 0 Å². The molecule has 1 N–H and O–H groups in total. The number of nitrogens with one attached hydrogen (secondary N) is 1. The molecule has 3 heteroatoms. The van der Waals surface area contributed by atoms with Crippen molar-refractivity contribution in [1.29, 1.82) is 0 Å². The Kier molecular flexibility index (Phi) is 4.49. The summed E-state index contributed by atoms with van der Waals surface area (Å²) in [7, 11) is 1.68. The summed E-state index contributed by atoms with van der Waals surface area (Å²) in [6.07, 6.45) is 6.66. The summed E-state index contributed by atoms with van der Waals surface area (Å²) in [4.78, 5) is 0. The van der Waals surface area contributed by atoms with Crippen LogP contribution in [0.2, 0.25) is 0 Å². The smallest absolute Gasteiger partial charge is 0.176 e. The summed E-state index contributed by atoms with van der Waals surface area (Å²) in [5, 5.41) is 4.82. The van der Waals surface area contributed by atoms with Crippen molar-refractivity contribution >= 4 is 11.0 Å². The highest BCUT2D eigenvalue weighted by Gasteiger charge is 2.23. The van der Waals surface area contributed by atoms with E-state index >= 15 is 0 Å². The first-order chi connectivity index (χ1) is 10.3. The second kappa shape index (κ2) is 6.52. The van der Waals surface area contributed by atoms with E-state index < -0.39 is 0 Å². The third-order valence-electron chi connectivity index (χ3n) is 4.75. The highest BCUT2D eigenvalue weighted by molar-refractivity contribution is 5.83. The monoisotopic (exact) mass is 287 g/mol. The zero-order valence-electron chi connectivity index (χ0n) is 13.0. The largest absolute Gasteiger partial charge is 0.493 e. The Hall–Kier alpha value is -1.48. The van der Waals surface area contributed by atoms with Crippen molar-refractivity contribution in [1.82, 2.24) is 5.32 Å². The van der Waals surface area contributed by atoms with Gasteiger partial charge in [-0.05, 0) is 30.9 Å². The fourth-order valence-corrected chi connectivity index (χ4v) is 3.53. The molecule has 1 aliphatic carbocycles. The van der Waals surface area contributed by atoms with Crippen molar-refractivity contribution in [3.05, 3.63) is 30.0 Å². The van der Waals surface area contributed by atoms with Crippen LogP contribution in [0.4, 0.5) is 0 Å². The third-order valence-corrected chi connectivity index (χ3v) is 4.75. The lowest BCUT2D eigenvalue weighted by Crippen LogP contribution is -2.37. The predicted molar refractivity (Wildman–Crippen MR) is 85.6 cm³/mol. The van der Waals surface area contributed by atoms with Gasteiger partial charge in [0.05, 0.1) is 13.7 Å². The average Bonchev–Trinajstić information content (AvgIpc) is 2.96. The topological polar surface area (TPSA) is 34.4 Å². The summed E-state index contributed by atoms with van der Waals surface area (Å²) < 4.78 is 11.3. The standard InChI is InChI=1S/C18H25NO2/c1-3-13-7-4-5-9-16(13)19-12-15-11-14-8-6-10-17(20-2)18(14)21-15/h6,8,10-11,13,16,19H,3-5,7,9,12H2,1-2H3. The van der Waals surface area contributed by atoms with Gasteiger partial charge < -0.3 is 14.5 Å². The summed E-state index contributed by atoms with van der Waals surface area (Å²) in [6, 6.07) is 8.77. The average molecular weight is 287 g/mol. The van der Waals surface area contributed by atoms with Crippen LogP contribution in [-0.4, -0.2) is 13.2 Å². The van der Waals surface area contributed by atoms with Crippen molar-refractivity contribution in [2.24, 2.45) is 5.92 Å². The normalized spacial score (nSPS) is 22.6. The number of hydrogen-bond acceptors (Lipinski definition) is 3. The van der Waals surface area contributed by atoms with Gasteiger partial charge in [0, 0.05) is 11.4 Å². The van der Waals surface area contributed by atoms with Crippen LogP contribution < -0.4 is 10.1 Å². The van der Waals surface area contributed by atoms with Crippen LogP contribution in [0.15, 0.2) is 28.7 Å². The van der Waals surface area contributed by atoms with Crippen LogP contribution in [0, 0.1) is 5.92 Å². The van der Waals surface area contributed by atoms with E-state index in [-0.39, 0.29) is 0 Å². The Morgan fingerprint density at radius 3 is 2.95 bits per heavy atom. The maximum atomic E-state index is 5.96. The lowest BCUT2D eigenvalue weighted by atomic mass is 9.83. The fourth-order valence-electron chi connectivity index (χ4n) is 3.53. The summed E-state index contributed by atoms with van der Waals surface area (Å²) in [5.74, 6) is 2.62. The van der Waals surface area contributed by atoms with E-state index in [1.54, 1.807) is 7.11 Å². The SMILES string of the molecule is CCC1CCCCC1NCc1cc2cccc(OC)c2o1. The molecular formula is C18H25NO2. The van der Waals surface area contributed by atoms with Gasteiger partial charge in [0.1, 0.15) is 5.76 Å². The second-order valence-electron chi connectivity index (χ2n) is 6.03. The zero-order valence-corrected chi connectivity index (χ0v) is 13.0. The maximum absolute atomic E-state index is 5.96. The minimum atomic E-state index is 0.638. The van der Waals surface area contributed by atoms with Gasteiger partial charge in [0.15, 0.2) is 11.3 Å². The molecule has 3 nitrogen and oxygen atoms in total. The van der Waals surface area contributed by atoms with Gasteiger partial charge in [-0.1, -0.05) is 38.3 Å². The number of rotatable bonds is 5. The van der Waals surface area contributed by atoms with Gasteiger partial charge in [0.25, 0.3) is 0 Å². The summed E-state index contributed by atoms with van der Waals surface area (Å²) >= 11 is 0. The van der Waals surface area contributed by atoms with Gasteiger partial charge in [-0.2, -0.15) is 0 Å². The number of furan rings is 1. The molecule has 2 unspecified atom stereocenters. The minimum absolute atomic E-state index is 0.638. The Balaban J connectivity index is 1.70. The molecule has 1 fully saturated rings. The summed E-state index contributed by atoms with van der Waals surface area (Å²) in [6.45, 7) is 3.11. The van der Waals surface area contributed by atoms with Crippen LogP contribution in [-0.2, 0) is 6.54 Å². The van der Waals surface area contributed by atoms with Gasteiger partial charge in [-0.25, -0.2) is 0 Å². The van der Waals surface area contributed by atoms with Gasteiger partial charge in [-0.3, -0.25) is 0 Å². The van der Waals surface area contributed by atoms with Crippen LogP contribution in [0.25, 0.3) is 11.0 Å². The number of para-hydroxylation sites is 1. The first-order valence-corrected chi connectivity index (χ1v) is 8.10. The number of fused-ring (bicyclic) bond motifs is 1. The molecule has 0 bridgehead atoms. The van der Waals surface area contributed by atoms with Gasteiger partial charge >= 0.3 is 0 Å². The molecule has 0 saturated heterocycles. The van der Waals surface area contributed by atoms with Crippen LogP contribution in [0.3, 0.4) is 0 Å². The van der Waals surface area contributed by atoms with Crippen molar-refractivity contribution in [3.8, 4) is 5.75 Å². The van der Waals surface area contributed by atoms with E-state index in [4.69, 9.17) is 9.15 Å². The molecular weight excluding hydrogens is 262 g/mol. The van der Waals surface area contributed by atoms with Crippen molar-refractivity contribution < 1.29 is 9.15 Å². The number of hydrogen-bond donors (Lipinski definition) is 1. The fraction of sp³-hybridized carbons (Fsp3) is 0.556. The number of ether oxygens (including phenoxy) is 1. The second-order valence-corrected chi connectivity index (χ2v) is 6.03. The molecule has 114 valence electrons. The van der Waals surface area contributed by atoms with E-state index in [0.717, 1.165) is 34.9 Å². The molecule has 1 heterocycles. The first kappa shape index (κ1) is 14.5. The van der Waals surface area contributed by atoms with Gasteiger partial charge in [-0.15, -0.1) is 0 Å². The Morgan fingerprint density at radius 2 is 2.14 bits per heavy atom. The van der Waals surface area contributed by atoms with Crippen LogP contribution >= 0.6 is 0 Å². The van der Waals surface area contributed by atoms with Crippen molar-refractivity contribution in [2.45, 2.75) is 51.6 Å². The molecule has 1 saturated carbocycles. The molecule has 0 aliphatic heterocycles. The van der Waals surface area contributed by atoms with Crippen LogP contribution in [0.5, 0.6) is 5.75 Å². The molecule has 0 radical (unpaired) electrons. The number of methoxy groups -OCH3 is 1. The lowest BCUT2D eigenvalue weighted by molar-refractivity contribution is 0.250. The van der Waals surface area contributed by atoms with E-state index in [1.165, 1.54) is 32.1 Å². The lowest BCUT2D eigenvalue weighted by Gasteiger charge is -2.31. The van der Waals surface area contributed by atoms with Crippen LogP contribution in [0.1, 0.15) is 44.8 Å². The molecule has 2 aromatic rings.